The van der Waals surface area contributed by atoms with E-state index in [4.69, 9.17) is 0 Å². The maximum absolute atomic E-state index is 9.97. The quantitative estimate of drug-likeness (QED) is 0.664. The molecular weight excluding hydrogens is 296 g/mol. The summed E-state index contributed by atoms with van der Waals surface area (Å²) < 4.78 is 0. The van der Waals surface area contributed by atoms with Gasteiger partial charge in [-0.15, -0.1) is 0 Å². The van der Waals surface area contributed by atoms with Crippen LogP contribution in [0.2, 0.25) is 0 Å². The summed E-state index contributed by atoms with van der Waals surface area (Å²) in [5.41, 5.74) is 4.62. The molecule has 0 radical (unpaired) electrons. The highest BCUT2D eigenvalue weighted by Crippen LogP contribution is 2.40. The van der Waals surface area contributed by atoms with E-state index in [1.54, 1.807) is 0 Å². The molecule has 2 unspecified atom stereocenters. The molecule has 130 valence electrons. The predicted octanol–water partition coefficient (Wildman–Crippen LogP) is 5.91. The summed E-state index contributed by atoms with van der Waals surface area (Å²) in [5, 5.41) is 19.9. The van der Waals surface area contributed by atoms with Crippen molar-refractivity contribution >= 4 is 0 Å². The Kier molecular flexibility index (Phi) is 6.30. The average molecular weight is 326 g/mol. The lowest BCUT2D eigenvalue weighted by atomic mass is 9.77. The zero-order valence-corrected chi connectivity index (χ0v) is 15.3. The minimum absolute atomic E-state index is 0.391. The van der Waals surface area contributed by atoms with Crippen molar-refractivity contribution in [3.8, 4) is 11.5 Å². The van der Waals surface area contributed by atoms with Gasteiger partial charge in [-0.25, -0.2) is 0 Å². The predicted molar refractivity (Wildman–Crippen MR) is 101 cm³/mol. The van der Waals surface area contributed by atoms with E-state index < -0.39 is 0 Å². The van der Waals surface area contributed by atoms with Crippen LogP contribution in [0.25, 0.3) is 0 Å². The third-order valence-electron chi connectivity index (χ3n) is 5.19. The molecule has 0 heterocycles. The Morgan fingerprint density at radius 2 is 1.04 bits per heavy atom. The molecule has 0 amide bonds. The van der Waals surface area contributed by atoms with Crippen molar-refractivity contribution in [2.75, 3.05) is 0 Å². The van der Waals surface area contributed by atoms with Crippen LogP contribution in [0, 0.1) is 0 Å². The molecule has 0 saturated heterocycles. The van der Waals surface area contributed by atoms with Crippen LogP contribution in [0.1, 0.15) is 74.6 Å². The molecule has 2 heteroatoms. The van der Waals surface area contributed by atoms with E-state index in [0.717, 1.165) is 36.8 Å². The summed E-state index contributed by atoms with van der Waals surface area (Å²) in [6.45, 7) is 8.61. The Morgan fingerprint density at radius 1 is 0.667 bits per heavy atom. The second-order valence-electron chi connectivity index (χ2n) is 6.51. The van der Waals surface area contributed by atoms with E-state index in [2.05, 4.69) is 52.0 Å². The van der Waals surface area contributed by atoms with E-state index in [-0.39, 0.29) is 0 Å². The second kappa shape index (κ2) is 8.23. The number of hydrogen-bond donors (Lipinski definition) is 2. The third-order valence-corrected chi connectivity index (χ3v) is 5.19. The Morgan fingerprint density at radius 3 is 1.33 bits per heavy atom. The molecule has 0 aliphatic rings. The van der Waals surface area contributed by atoms with Gasteiger partial charge >= 0.3 is 0 Å². The van der Waals surface area contributed by atoms with Crippen molar-refractivity contribution in [3.63, 3.8) is 0 Å². The summed E-state index contributed by atoms with van der Waals surface area (Å²) in [4.78, 5) is 0. The van der Waals surface area contributed by atoms with Gasteiger partial charge in [0.1, 0.15) is 11.5 Å². The molecule has 2 N–H and O–H groups in total. The molecule has 2 aromatic carbocycles. The third kappa shape index (κ3) is 3.75. The first-order valence-corrected chi connectivity index (χ1v) is 9.19. The summed E-state index contributed by atoms with van der Waals surface area (Å²) >= 11 is 0. The highest BCUT2D eigenvalue weighted by atomic mass is 16.3. The zero-order valence-electron chi connectivity index (χ0n) is 15.3. The Labute approximate surface area is 146 Å². The summed E-state index contributed by atoms with van der Waals surface area (Å²) in [5.74, 6) is 1.61. The molecule has 2 aromatic rings. The van der Waals surface area contributed by atoms with E-state index in [0.29, 0.717) is 23.3 Å². The van der Waals surface area contributed by atoms with Gasteiger partial charge < -0.3 is 10.2 Å². The van der Waals surface area contributed by atoms with Gasteiger partial charge in [0, 0.05) is 0 Å². The minimum Gasteiger partial charge on any atom is -0.508 e. The van der Waals surface area contributed by atoms with Gasteiger partial charge in [-0.2, -0.15) is 0 Å². The van der Waals surface area contributed by atoms with Crippen LogP contribution >= 0.6 is 0 Å². The fourth-order valence-corrected chi connectivity index (χ4v) is 3.74. The number of phenols is 2. The van der Waals surface area contributed by atoms with Gasteiger partial charge in [-0.05, 0) is 71.9 Å². The molecule has 0 bridgehead atoms. The first kappa shape index (κ1) is 18.4. The molecule has 2 atom stereocenters. The maximum Gasteiger partial charge on any atom is 0.118 e. The SMILES string of the molecule is CCc1cc(C(CC)C(CC)c2ccc(O)c(CC)c2)ccc1O. The fraction of sp³-hybridized carbons (Fsp3) is 0.455. The van der Waals surface area contributed by atoms with E-state index >= 15 is 0 Å². The van der Waals surface area contributed by atoms with Gasteiger partial charge in [0.15, 0.2) is 0 Å². The van der Waals surface area contributed by atoms with Crippen molar-refractivity contribution in [1.29, 1.82) is 0 Å². The van der Waals surface area contributed by atoms with Gasteiger partial charge in [0.2, 0.25) is 0 Å². The van der Waals surface area contributed by atoms with E-state index in [9.17, 15) is 10.2 Å². The number of rotatable bonds is 7. The van der Waals surface area contributed by atoms with Crippen LogP contribution in [-0.2, 0) is 12.8 Å². The van der Waals surface area contributed by atoms with Gasteiger partial charge in [0.25, 0.3) is 0 Å². The normalized spacial score (nSPS) is 13.7. The molecule has 2 nitrogen and oxygen atoms in total. The van der Waals surface area contributed by atoms with Crippen molar-refractivity contribution in [1.82, 2.24) is 0 Å². The molecule has 0 saturated carbocycles. The molecule has 0 spiro atoms. The number of hydrogen-bond acceptors (Lipinski definition) is 2. The Balaban J connectivity index is 2.43. The van der Waals surface area contributed by atoms with E-state index in [1.165, 1.54) is 11.1 Å². The summed E-state index contributed by atoms with van der Waals surface area (Å²) in [6, 6.07) is 12.1. The van der Waals surface area contributed by atoms with Crippen molar-refractivity contribution in [2.45, 2.75) is 65.2 Å². The molecule has 0 aliphatic heterocycles. The minimum atomic E-state index is 0.391. The molecule has 2 rings (SSSR count). The second-order valence-corrected chi connectivity index (χ2v) is 6.51. The summed E-state index contributed by atoms with van der Waals surface area (Å²) in [6.07, 6.45) is 3.78. The molecule has 0 aromatic heterocycles. The molecule has 0 aliphatic carbocycles. The molecule has 0 fully saturated rings. The lowest BCUT2D eigenvalue weighted by molar-refractivity contribution is 0.463. The monoisotopic (exact) mass is 326 g/mol. The lowest BCUT2D eigenvalue weighted by Gasteiger charge is -2.27. The fourth-order valence-electron chi connectivity index (χ4n) is 3.74. The van der Waals surface area contributed by atoms with Crippen molar-refractivity contribution in [2.24, 2.45) is 0 Å². The van der Waals surface area contributed by atoms with Crippen LogP contribution in [0.5, 0.6) is 11.5 Å². The van der Waals surface area contributed by atoms with E-state index in [1.807, 2.05) is 12.1 Å². The van der Waals surface area contributed by atoms with Crippen LogP contribution in [0.15, 0.2) is 36.4 Å². The van der Waals surface area contributed by atoms with Crippen LogP contribution in [-0.4, -0.2) is 10.2 Å². The smallest absolute Gasteiger partial charge is 0.118 e. The Hall–Kier alpha value is -1.96. The number of aromatic hydroxyl groups is 2. The van der Waals surface area contributed by atoms with Crippen LogP contribution < -0.4 is 0 Å². The van der Waals surface area contributed by atoms with Crippen molar-refractivity contribution < 1.29 is 10.2 Å². The van der Waals surface area contributed by atoms with Gasteiger partial charge in [0.05, 0.1) is 0 Å². The zero-order chi connectivity index (χ0) is 17.7. The average Bonchev–Trinajstić information content (AvgIpc) is 2.61. The highest BCUT2D eigenvalue weighted by molar-refractivity contribution is 5.41. The standard InChI is InChI=1S/C22H30O2/c1-5-15-13-17(9-11-21(15)23)19(7-3)20(8-4)18-10-12-22(24)16(6-2)14-18/h9-14,19-20,23-24H,5-8H2,1-4H3. The number of benzene rings is 2. The number of aryl methyl sites for hydroxylation is 2. The number of phenolic OH excluding ortho intramolecular Hbond substituents is 2. The summed E-state index contributed by atoms with van der Waals surface area (Å²) in [7, 11) is 0. The Bertz CT molecular complexity index is 616. The van der Waals surface area contributed by atoms with Gasteiger partial charge in [-0.1, -0.05) is 52.0 Å². The lowest BCUT2D eigenvalue weighted by Crippen LogP contribution is -2.11. The molecule has 24 heavy (non-hydrogen) atoms. The van der Waals surface area contributed by atoms with Crippen molar-refractivity contribution in [3.05, 3.63) is 58.7 Å². The largest absolute Gasteiger partial charge is 0.508 e. The highest BCUT2D eigenvalue weighted by Gasteiger charge is 2.23. The van der Waals surface area contributed by atoms with Crippen LogP contribution in [0.4, 0.5) is 0 Å². The first-order chi connectivity index (χ1) is 11.5. The van der Waals surface area contributed by atoms with Crippen LogP contribution in [0.3, 0.4) is 0 Å². The maximum atomic E-state index is 9.97. The topological polar surface area (TPSA) is 40.5 Å². The molecular formula is C22H30O2. The van der Waals surface area contributed by atoms with Gasteiger partial charge in [-0.3, -0.25) is 0 Å². The first-order valence-electron chi connectivity index (χ1n) is 9.19.